The van der Waals surface area contributed by atoms with Crippen molar-refractivity contribution in [2.75, 3.05) is 0 Å². The maximum atomic E-state index is 12.7. The van der Waals surface area contributed by atoms with E-state index in [0.29, 0.717) is 6.42 Å². The molecule has 1 aliphatic heterocycles. The summed E-state index contributed by atoms with van der Waals surface area (Å²) in [6, 6.07) is 6.12. The second-order valence-electron chi connectivity index (χ2n) is 3.63. The lowest BCUT2D eigenvalue weighted by molar-refractivity contribution is -0.120. The molecule has 0 aromatic heterocycles. The molecule has 1 N–H and O–H groups in total. The first-order chi connectivity index (χ1) is 7.65. The normalized spacial score (nSPS) is 18.2. The van der Waals surface area contributed by atoms with Crippen LogP contribution in [0.1, 0.15) is 18.9 Å². The first-order valence-corrected chi connectivity index (χ1v) is 4.95. The SMILES string of the molecule is CC1=NNC(=O)CC1=Cc1ccc(F)cc1. The molecule has 82 valence electrons. The van der Waals surface area contributed by atoms with Crippen molar-refractivity contribution in [2.24, 2.45) is 5.10 Å². The second kappa shape index (κ2) is 4.26. The van der Waals surface area contributed by atoms with Gasteiger partial charge in [0.2, 0.25) is 5.91 Å². The number of hydrogen-bond donors (Lipinski definition) is 1. The summed E-state index contributed by atoms with van der Waals surface area (Å²) in [5.74, 6) is -0.395. The number of benzene rings is 1. The van der Waals surface area contributed by atoms with E-state index in [1.165, 1.54) is 12.1 Å². The Morgan fingerprint density at radius 3 is 2.75 bits per heavy atom. The van der Waals surface area contributed by atoms with Crippen LogP contribution < -0.4 is 5.43 Å². The van der Waals surface area contributed by atoms with Gasteiger partial charge in [-0.15, -0.1) is 0 Å². The van der Waals surface area contributed by atoms with Crippen molar-refractivity contribution < 1.29 is 9.18 Å². The lowest BCUT2D eigenvalue weighted by Gasteiger charge is -2.12. The molecule has 0 spiro atoms. The van der Waals surface area contributed by atoms with Gasteiger partial charge < -0.3 is 0 Å². The molecule has 0 aliphatic carbocycles. The molecule has 2 rings (SSSR count). The molecule has 1 heterocycles. The van der Waals surface area contributed by atoms with E-state index in [1.54, 1.807) is 12.1 Å². The van der Waals surface area contributed by atoms with Crippen LogP contribution in [0, 0.1) is 5.82 Å². The highest BCUT2D eigenvalue weighted by atomic mass is 19.1. The number of hydrazone groups is 1. The number of carbonyl (C=O) groups is 1. The van der Waals surface area contributed by atoms with Gasteiger partial charge in [-0.2, -0.15) is 5.10 Å². The van der Waals surface area contributed by atoms with Gasteiger partial charge in [-0.3, -0.25) is 4.79 Å². The van der Waals surface area contributed by atoms with Crippen molar-refractivity contribution in [3.63, 3.8) is 0 Å². The minimum Gasteiger partial charge on any atom is -0.273 e. The first kappa shape index (κ1) is 10.5. The standard InChI is InChI=1S/C12H11FN2O/c1-8-10(7-12(16)15-14-8)6-9-2-4-11(13)5-3-9/h2-6H,7H2,1H3,(H,15,16). The number of hydrogen-bond acceptors (Lipinski definition) is 2. The van der Waals surface area contributed by atoms with Gasteiger partial charge in [0.05, 0.1) is 12.1 Å². The molecule has 0 saturated carbocycles. The van der Waals surface area contributed by atoms with Crippen LogP contribution in [-0.4, -0.2) is 11.6 Å². The van der Waals surface area contributed by atoms with Gasteiger partial charge in [-0.1, -0.05) is 12.1 Å². The summed E-state index contributed by atoms with van der Waals surface area (Å²) in [4.78, 5) is 11.1. The quantitative estimate of drug-likeness (QED) is 0.770. The number of nitrogens with one attached hydrogen (secondary N) is 1. The zero-order valence-corrected chi connectivity index (χ0v) is 8.83. The number of halogens is 1. The van der Waals surface area contributed by atoms with E-state index in [0.717, 1.165) is 16.8 Å². The molecule has 1 aromatic rings. The highest BCUT2D eigenvalue weighted by molar-refractivity contribution is 6.08. The highest BCUT2D eigenvalue weighted by Crippen LogP contribution is 2.14. The molecule has 0 radical (unpaired) electrons. The minimum atomic E-state index is -0.270. The fourth-order valence-electron chi connectivity index (χ4n) is 1.47. The van der Waals surface area contributed by atoms with Gasteiger partial charge in [-0.25, -0.2) is 9.82 Å². The molecule has 16 heavy (non-hydrogen) atoms. The lowest BCUT2D eigenvalue weighted by Crippen LogP contribution is -2.26. The lowest BCUT2D eigenvalue weighted by atomic mass is 10.0. The van der Waals surface area contributed by atoms with Crippen molar-refractivity contribution in [3.05, 3.63) is 41.2 Å². The summed E-state index contributed by atoms with van der Waals surface area (Å²) < 4.78 is 12.7. The Morgan fingerprint density at radius 2 is 2.06 bits per heavy atom. The molecule has 0 bridgehead atoms. The van der Waals surface area contributed by atoms with Crippen molar-refractivity contribution >= 4 is 17.7 Å². The van der Waals surface area contributed by atoms with Gasteiger partial charge in [0.1, 0.15) is 5.82 Å². The summed E-state index contributed by atoms with van der Waals surface area (Å²) in [6.45, 7) is 1.83. The van der Waals surface area contributed by atoms with Crippen LogP contribution in [0.5, 0.6) is 0 Å². The van der Waals surface area contributed by atoms with E-state index in [-0.39, 0.29) is 11.7 Å². The van der Waals surface area contributed by atoms with Crippen molar-refractivity contribution in [1.29, 1.82) is 0 Å². The molecule has 1 aliphatic rings. The molecule has 1 amide bonds. The Balaban J connectivity index is 2.29. The molecular weight excluding hydrogens is 207 g/mol. The summed E-state index contributed by atoms with van der Waals surface area (Å²) in [7, 11) is 0. The number of nitrogens with zero attached hydrogens (tertiary/aromatic N) is 1. The molecule has 0 unspecified atom stereocenters. The molecule has 4 heteroatoms. The number of rotatable bonds is 1. The summed E-state index contributed by atoms with van der Waals surface area (Å²) >= 11 is 0. The third-order valence-corrected chi connectivity index (χ3v) is 2.37. The van der Waals surface area contributed by atoms with Gasteiger partial charge in [0, 0.05) is 0 Å². The largest absolute Gasteiger partial charge is 0.273 e. The van der Waals surface area contributed by atoms with Gasteiger partial charge in [0.25, 0.3) is 0 Å². The van der Waals surface area contributed by atoms with E-state index in [4.69, 9.17) is 0 Å². The number of carbonyl (C=O) groups excluding carboxylic acids is 1. The smallest absolute Gasteiger partial charge is 0.244 e. The molecule has 3 nitrogen and oxygen atoms in total. The zero-order chi connectivity index (χ0) is 11.5. The topological polar surface area (TPSA) is 41.5 Å². The Morgan fingerprint density at radius 1 is 1.38 bits per heavy atom. The van der Waals surface area contributed by atoms with Crippen molar-refractivity contribution in [1.82, 2.24) is 5.43 Å². The van der Waals surface area contributed by atoms with Crippen LogP contribution in [0.4, 0.5) is 4.39 Å². The van der Waals surface area contributed by atoms with Crippen LogP contribution in [0.15, 0.2) is 34.9 Å². The molecule has 1 aromatic carbocycles. The molecule has 0 fully saturated rings. The third-order valence-electron chi connectivity index (χ3n) is 2.37. The average molecular weight is 218 g/mol. The van der Waals surface area contributed by atoms with Gasteiger partial charge >= 0.3 is 0 Å². The maximum Gasteiger partial charge on any atom is 0.244 e. The van der Waals surface area contributed by atoms with Crippen LogP contribution in [0.25, 0.3) is 6.08 Å². The monoisotopic (exact) mass is 218 g/mol. The van der Waals surface area contributed by atoms with E-state index >= 15 is 0 Å². The molecule has 0 atom stereocenters. The molecular formula is C12H11FN2O. The predicted molar refractivity (Wildman–Crippen MR) is 60.2 cm³/mol. The Labute approximate surface area is 92.7 Å². The Hall–Kier alpha value is -1.97. The third kappa shape index (κ3) is 2.34. The fourth-order valence-corrected chi connectivity index (χ4v) is 1.47. The minimum absolute atomic E-state index is 0.126. The van der Waals surface area contributed by atoms with Crippen molar-refractivity contribution in [3.8, 4) is 0 Å². The summed E-state index contributed by atoms with van der Waals surface area (Å²) in [6.07, 6.45) is 2.16. The first-order valence-electron chi connectivity index (χ1n) is 4.95. The second-order valence-corrected chi connectivity index (χ2v) is 3.63. The zero-order valence-electron chi connectivity index (χ0n) is 8.83. The van der Waals surface area contributed by atoms with Crippen LogP contribution in [0.3, 0.4) is 0 Å². The van der Waals surface area contributed by atoms with Gasteiger partial charge in [-0.05, 0) is 36.3 Å². The van der Waals surface area contributed by atoms with Crippen molar-refractivity contribution in [2.45, 2.75) is 13.3 Å². The Bertz CT molecular complexity index is 474. The predicted octanol–water partition coefficient (Wildman–Crippen LogP) is 2.10. The van der Waals surface area contributed by atoms with Gasteiger partial charge in [0.15, 0.2) is 0 Å². The van der Waals surface area contributed by atoms with E-state index < -0.39 is 0 Å². The molecule has 0 saturated heterocycles. The Kier molecular flexibility index (Phi) is 2.81. The summed E-state index contributed by atoms with van der Waals surface area (Å²) in [5, 5.41) is 3.88. The van der Waals surface area contributed by atoms with E-state index in [2.05, 4.69) is 10.5 Å². The summed E-state index contributed by atoms with van der Waals surface area (Å²) in [5.41, 5.74) is 4.90. The van der Waals surface area contributed by atoms with Crippen LogP contribution in [0.2, 0.25) is 0 Å². The van der Waals surface area contributed by atoms with E-state index in [1.807, 2.05) is 13.0 Å². The van der Waals surface area contributed by atoms with E-state index in [9.17, 15) is 9.18 Å². The van der Waals surface area contributed by atoms with Crippen LogP contribution in [-0.2, 0) is 4.79 Å². The highest BCUT2D eigenvalue weighted by Gasteiger charge is 2.13. The maximum absolute atomic E-state index is 12.7. The van der Waals surface area contributed by atoms with Crippen LogP contribution >= 0.6 is 0 Å². The fraction of sp³-hybridized carbons (Fsp3) is 0.167. The number of amides is 1. The average Bonchev–Trinajstić information content (AvgIpc) is 2.27.